The van der Waals surface area contributed by atoms with Crippen LogP contribution in [-0.4, -0.2) is 31.7 Å². The zero-order chi connectivity index (χ0) is 14.6. The minimum absolute atomic E-state index is 0.0551. The Balaban J connectivity index is 1.94. The lowest BCUT2D eigenvalue weighted by Gasteiger charge is -2.29. The highest BCUT2D eigenvalue weighted by atomic mass is 16.5. The Hall–Kier alpha value is -1.39. The van der Waals surface area contributed by atoms with Gasteiger partial charge in [-0.05, 0) is 26.3 Å². The molecule has 1 heterocycles. The first-order valence-corrected chi connectivity index (χ1v) is 7.17. The fraction of sp³-hybridized carbons (Fsp3) is 0.562. The van der Waals surface area contributed by atoms with Crippen molar-refractivity contribution >= 4 is 5.91 Å². The van der Waals surface area contributed by atoms with Gasteiger partial charge in [0.25, 0.3) is 0 Å². The van der Waals surface area contributed by atoms with Gasteiger partial charge in [0.05, 0.1) is 18.8 Å². The Morgan fingerprint density at radius 1 is 1.50 bits per heavy atom. The normalized spacial score (nSPS) is 19.6. The number of hydrogen-bond acceptors (Lipinski definition) is 3. The molecular formula is C16H24N2O2. The Morgan fingerprint density at radius 2 is 2.30 bits per heavy atom. The maximum Gasteiger partial charge on any atom is 0.222 e. The van der Waals surface area contributed by atoms with Crippen LogP contribution in [0.1, 0.15) is 31.4 Å². The molecule has 0 aliphatic carbocycles. The molecule has 1 aromatic rings. The van der Waals surface area contributed by atoms with Crippen LogP contribution in [0.15, 0.2) is 24.3 Å². The van der Waals surface area contributed by atoms with Gasteiger partial charge in [-0.25, -0.2) is 0 Å². The lowest BCUT2D eigenvalue weighted by Crippen LogP contribution is -2.47. The summed E-state index contributed by atoms with van der Waals surface area (Å²) in [6.45, 7) is 8.28. The number of carbonyl (C=O) groups is 1. The van der Waals surface area contributed by atoms with E-state index in [9.17, 15) is 4.79 Å². The third kappa shape index (κ3) is 4.05. The summed E-state index contributed by atoms with van der Waals surface area (Å²) >= 11 is 0. The van der Waals surface area contributed by atoms with Crippen molar-refractivity contribution in [1.29, 1.82) is 0 Å². The summed E-state index contributed by atoms with van der Waals surface area (Å²) in [7, 11) is 0. The van der Waals surface area contributed by atoms with E-state index in [1.54, 1.807) is 0 Å². The van der Waals surface area contributed by atoms with E-state index in [1.807, 2.05) is 19.9 Å². The van der Waals surface area contributed by atoms with Gasteiger partial charge in [0, 0.05) is 19.0 Å². The molecule has 1 atom stereocenters. The molecule has 1 aliphatic rings. The van der Waals surface area contributed by atoms with Gasteiger partial charge in [-0.2, -0.15) is 0 Å². The van der Waals surface area contributed by atoms with Crippen LogP contribution >= 0.6 is 0 Å². The summed E-state index contributed by atoms with van der Waals surface area (Å²) in [4.78, 5) is 12.2. The van der Waals surface area contributed by atoms with Crippen LogP contribution < -0.4 is 10.6 Å². The minimum atomic E-state index is -0.362. The first-order chi connectivity index (χ1) is 9.47. The van der Waals surface area contributed by atoms with Crippen LogP contribution in [0.4, 0.5) is 0 Å². The lowest BCUT2D eigenvalue weighted by atomic mass is 9.92. The molecule has 2 N–H and O–H groups in total. The van der Waals surface area contributed by atoms with Crippen molar-refractivity contribution in [3.05, 3.63) is 35.4 Å². The van der Waals surface area contributed by atoms with Gasteiger partial charge in [-0.3, -0.25) is 4.79 Å². The highest BCUT2D eigenvalue weighted by molar-refractivity contribution is 5.77. The van der Waals surface area contributed by atoms with Crippen LogP contribution in [0.3, 0.4) is 0 Å². The number of ether oxygens (including phenoxy) is 1. The first kappa shape index (κ1) is 15.0. The standard InChI is InChI=1S/C16H24N2O2/c1-12-5-4-6-13(9-12)16(2,3)18-15(19)10-14-11-20-8-7-17-14/h4-6,9,14,17H,7-8,10-11H2,1-3H3,(H,18,19). The molecule has 0 aromatic heterocycles. The zero-order valence-electron chi connectivity index (χ0n) is 12.5. The average molecular weight is 276 g/mol. The van der Waals surface area contributed by atoms with Crippen molar-refractivity contribution in [2.75, 3.05) is 19.8 Å². The molecule has 2 rings (SSSR count). The maximum absolute atomic E-state index is 12.2. The molecule has 0 bridgehead atoms. The van der Waals surface area contributed by atoms with E-state index in [1.165, 1.54) is 5.56 Å². The summed E-state index contributed by atoms with van der Waals surface area (Å²) in [6.07, 6.45) is 0.454. The van der Waals surface area contributed by atoms with Gasteiger partial charge >= 0.3 is 0 Å². The van der Waals surface area contributed by atoms with Crippen LogP contribution in [0.2, 0.25) is 0 Å². The van der Waals surface area contributed by atoms with Crippen molar-refractivity contribution in [3.63, 3.8) is 0 Å². The fourth-order valence-corrected chi connectivity index (χ4v) is 2.48. The van der Waals surface area contributed by atoms with Crippen molar-refractivity contribution in [1.82, 2.24) is 10.6 Å². The number of benzene rings is 1. The van der Waals surface area contributed by atoms with Crippen molar-refractivity contribution < 1.29 is 9.53 Å². The molecule has 4 nitrogen and oxygen atoms in total. The van der Waals surface area contributed by atoms with Crippen LogP contribution in [-0.2, 0) is 15.1 Å². The molecule has 0 spiro atoms. The van der Waals surface area contributed by atoms with E-state index in [2.05, 4.69) is 35.8 Å². The van der Waals surface area contributed by atoms with E-state index in [0.29, 0.717) is 13.0 Å². The van der Waals surface area contributed by atoms with Gasteiger partial charge in [-0.15, -0.1) is 0 Å². The Kier molecular flexibility index (Phi) is 4.78. The van der Waals surface area contributed by atoms with Gasteiger partial charge in [0.15, 0.2) is 0 Å². The lowest BCUT2D eigenvalue weighted by molar-refractivity contribution is -0.124. The SMILES string of the molecule is Cc1cccc(C(C)(C)NC(=O)CC2COCCN2)c1. The van der Waals surface area contributed by atoms with Crippen LogP contribution in [0.5, 0.6) is 0 Å². The largest absolute Gasteiger partial charge is 0.378 e. The monoisotopic (exact) mass is 276 g/mol. The molecule has 4 heteroatoms. The molecule has 1 aliphatic heterocycles. The molecule has 110 valence electrons. The third-order valence-corrected chi connectivity index (χ3v) is 3.62. The highest BCUT2D eigenvalue weighted by Gasteiger charge is 2.25. The number of nitrogens with one attached hydrogen (secondary N) is 2. The molecule has 1 saturated heterocycles. The molecule has 0 saturated carbocycles. The van der Waals surface area contributed by atoms with Crippen molar-refractivity contribution in [2.24, 2.45) is 0 Å². The number of morpholine rings is 1. The van der Waals surface area contributed by atoms with E-state index in [4.69, 9.17) is 4.74 Å². The van der Waals surface area contributed by atoms with Gasteiger partial charge in [0.1, 0.15) is 0 Å². The average Bonchev–Trinajstić information content (AvgIpc) is 2.39. The molecule has 1 unspecified atom stereocenters. The summed E-state index contributed by atoms with van der Waals surface area (Å²) < 4.78 is 5.37. The van der Waals surface area contributed by atoms with Gasteiger partial charge in [-0.1, -0.05) is 29.8 Å². The number of rotatable bonds is 4. The molecule has 0 radical (unpaired) electrons. The van der Waals surface area contributed by atoms with Crippen molar-refractivity contribution in [2.45, 2.75) is 38.8 Å². The Morgan fingerprint density at radius 3 is 2.95 bits per heavy atom. The zero-order valence-corrected chi connectivity index (χ0v) is 12.5. The molecule has 20 heavy (non-hydrogen) atoms. The van der Waals surface area contributed by atoms with E-state index >= 15 is 0 Å². The molecular weight excluding hydrogens is 252 g/mol. The number of aryl methyl sites for hydroxylation is 1. The fourth-order valence-electron chi connectivity index (χ4n) is 2.48. The summed E-state index contributed by atoms with van der Waals surface area (Å²) in [6, 6.07) is 8.37. The summed E-state index contributed by atoms with van der Waals surface area (Å²) in [5.74, 6) is 0.0551. The second-order valence-electron chi connectivity index (χ2n) is 5.97. The molecule has 1 aromatic carbocycles. The Labute approximate surface area is 120 Å². The topological polar surface area (TPSA) is 50.4 Å². The summed E-state index contributed by atoms with van der Waals surface area (Å²) in [5.41, 5.74) is 1.96. The number of amides is 1. The van der Waals surface area contributed by atoms with E-state index in [0.717, 1.165) is 18.7 Å². The minimum Gasteiger partial charge on any atom is -0.378 e. The van der Waals surface area contributed by atoms with E-state index < -0.39 is 0 Å². The predicted octanol–water partition coefficient (Wildman–Crippen LogP) is 1.72. The second kappa shape index (κ2) is 6.37. The Bertz CT molecular complexity index is 465. The van der Waals surface area contributed by atoms with Crippen LogP contribution in [0, 0.1) is 6.92 Å². The van der Waals surface area contributed by atoms with Crippen molar-refractivity contribution in [3.8, 4) is 0 Å². The van der Waals surface area contributed by atoms with E-state index in [-0.39, 0.29) is 17.5 Å². The third-order valence-electron chi connectivity index (χ3n) is 3.62. The number of hydrogen-bond donors (Lipinski definition) is 2. The molecule has 1 fully saturated rings. The smallest absolute Gasteiger partial charge is 0.222 e. The highest BCUT2D eigenvalue weighted by Crippen LogP contribution is 2.21. The van der Waals surface area contributed by atoms with Gasteiger partial charge < -0.3 is 15.4 Å². The molecule has 1 amide bonds. The van der Waals surface area contributed by atoms with Crippen LogP contribution in [0.25, 0.3) is 0 Å². The quantitative estimate of drug-likeness (QED) is 0.880. The van der Waals surface area contributed by atoms with Gasteiger partial charge in [0.2, 0.25) is 5.91 Å². The number of carbonyl (C=O) groups excluding carboxylic acids is 1. The maximum atomic E-state index is 12.2. The first-order valence-electron chi connectivity index (χ1n) is 7.17. The summed E-state index contributed by atoms with van der Waals surface area (Å²) in [5, 5.41) is 6.41. The second-order valence-corrected chi connectivity index (χ2v) is 5.97. The predicted molar refractivity (Wildman–Crippen MR) is 79.6 cm³/mol.